The molecule has 1 aliphatic rings. The normalized spacial score (nSPS) is 34.3. The summed E-state index contributed by atoms with van der Waals surface area (Å²) in [5.41, 5.74) is 7.01. The maximum Gasteiger partial charge on any atom is 0.178 e. The van der Waals surface area contributed by atoms with E-state index in [-0.39, 0.29) is 11.7 Å². The minimum Gasteiger partial charge on any atom is -0.318 e. The van der Waals surface area contributed by atoms with Gasteiger partial charge in [0.1, 0.15) is 0 Å². The maximum atomic E-state index is 11.7. The molecule has 0 heterocycles. The average molecular weight is 179 g/mol. The third-order valence-corrected chi connectivity index (χ3v) is 2.83. The second-order valence-corrected chi connectivity index (χ2v) is 4.13. The van der Waals surface area contributed by atoms with Crippen molar-refractivity contribution < 1.29 is 4.79 Å². The molecule has 0 bridgehead atoms. The summed E-state index contributed by atoms with van der Waals surface area (Å²) < 4.78 is 0. The highest BCUT2D eigenvalue weighted by molar-refractivity contribution is 6.03. The molecule has 1 rings (SSSR count). The Balaban J connectivity index is 3.07. The van der Waals surface area contributed by atoms with E-state index < -0.39 is 5.54 Å². The zero-order valence-corrected chi connectivity index (χ0v) is 8.55. The number of ketones is 1. The summed E-state index contributed by atoms with van der Waals surface area (Å²) in [6, 6.07) is 0. The highest BCUT2D eigenvalue weighted by Gasteiger charge is 2.40. The first-order chi connectivity index (χ1) is 5.87. The Morgan fingerprint density at radius 1 is 1.77 bits per heavy atom. The van der Waals surface area contributed by atoms with Gasteiger partial charge in [-0.05, 0) is 32.8 Å². The van der Waals surface area contributed by atoms with E-state index in [9.17, 15) is 4.79 Å². The maximum absolute atomic E-state index is 11.7. The number of nitrogens with two attached hydrogens (primary N) is 1. The first kappa shape index (κ1) is 10.2. The van der Waals surface area contributed by atoms with Crippen LogP contribution >= 0.6 is 0 Å². The summed E-state index contributed by atoms with van der Waals surface area (Å²) in [7, 11) is 0. The van der Waals surface area contributed by atoms with Gasteiger partial charge in [0.05, 0.1) is 5.54 Å². The van der Waals surface area contributed by atoms with Crippen LogP contribution in [-0.2, 0) is 4.79 Å². The minimum atomic E-state index is -0.759. The van der Waals surface area contributed by atoms with Crippen molar-refractivity contribution >= 4 is 5.78 Å². The molecular formula is C11H17NO. The van der Waals surface area contributed by atoms with Crippen LogP contribution in [0.2, 0.25) is 0 Å². The molecule has 0 saturated heterocycles. The summed E-state index contributed by atoms with van der Waals surface area (Å²) in [6.45, 7) is 9.42. The standard InChI is InChI=1S/C11H17NO/c1-7(2)9-6-5-8(3)10(13)11(9,4)12/h5,9H,1,6,12H2,2-4H3/t9-,11+/m0/s1. The number of rotatable bonds is 1. The molecule has 2 atom stereocenters. The van der Waals surface area contributed by atoms with Crippen molar-refractivity contribution in [1.29, 1.82) is 0 Å². The van der Waals surface area contributed by atoms with Gasteiger partial charge in [-0.3, -0.25) is 4.79 Å². The highest BCUT2D eigenvalue weighted by atomic mass is 16.1. The number of Topliss-reactive ketones (excluding diaryl/α,β-unsaturated/α-hetero) is 1. The lowest BCUT2D eigenvalue weighted by Crippen LogP contribution is -2.53. The van der Waals surface area contributed by atoms with E-state index >= 15 is 0 Å². The van der Waals surface area contributed by atoms with Gasteiger partial charge in [-0.2, -0.15) is 0 Å². The van der Waals surface area contributed by atoms with Gasteiger partial charge in [0.15, 0.2) is 5.78 Å². The molecule has 0 amide bonds. The Labute approximate surface area is 79.5 Å². The van der Waals surface area contributed by atoms with E-state index in [1.54, 1.807) is 6.92 Å². The largest absolute Gasteiger partial charge is 0.318 e. The Morgan fingerprint density at radius 2 is 2.31 bits per heavy atom. The van der Waals surface area contributed by atoms with Crippen LogP contribution in [0.5, 0.6) is 0 Å². The summed E-state index contributed by atoms with van der Waals surface area (Å²) in [4.78, 5) is 11.7. The quantitative estimate of drug-likeness (QED) is 0.624. The monoisotopic (exact) mass is 179 g/mol. The molecule has 0 aliphatic heterocycles. The third kappa shape index (κ3) is 1.59. The molecule has 0 aromatic heterocycles. The summed E-state index contributed by atoms with van der Waals surface area (Å²) in [6.07, 6.45) is 2.79. The molecule has 0 spiro atoms. The highest BCUT2D eigenvalue weighted by Crippen LogP contribution is 2.32. The fourth-order valence-electron chi connectivity index (χ4n) is 1.93. The van der Waals surface area contributed by atoms with Crippen molar-refractivity contribution in [3.05, 3.63) is 23.8 Å². The van der Waals surface area contributed by atoms with E-state index in [1.165, 1.54) is 0 Å². The van der Waals surface area contributed by atoms with Gasteiger partial charge >= 0.3 is 0 Å². The molecule has 72 valence electrons. The molecule has 2 nitrogen and oxygen atoms in total. The lowest BCUT2D eigenvalue weighted by atomic mass is 9.71. The van der Waals surface area contributed by atoms with E-state index in [2.05, 4.69) is 6.58 Å². The van der Waals surface area contributed by atoms with Crippen LogP contribution in [0.25, 0.3) is 0 Å². The van der Waals surface area contributed by atoms with Crippen molar-refractivity contribution in [3.63, 3.8) is 0 Å². The van der Waals surface area contributed by atoms with E-state index in [4.69, 9.17) is 5.73 Å². The average Bonchev–Trinajstić information content (AvgIpc) is 1.99. The van der Waals surface area contributed by atoms with Crippen LogP contribution in [0.1, 0.15) is 27.2 Å². The van der Waals surface area contributed by atoms with E-state index in [0.29, 0.717) is 0 Å². The van der Waals surface area contributed by atoms with Gasteiger partial charge < -0.3 is 5.73 Å². The smallest absolute Gasteiger partial charge is 0.178 e. The van der Waals surface area contributed by atoms with Crippen LogP contribution in [0.3, 0.4) is 0 Å². The second-order valence-electron chi connectivity index (χ2n) is 4.13. The van der Waals surface area contributed by atoms with Gasteiger partial charge in [-0.25, -0.2) is 0 Å². The first-order valence-corrected chi connectivity index (χ1v) is 4.53. The Hall–Kier alpha value is -0.890. The van der Waals surface area contributed by atoms with Gasteiger partial charge in [0.25, 0.3) is 0 Å². The number of carbonyl (C=O) groups is 1. The van der Waals surface area contributed by atoms with Crippen molar-refractivity contribution in [2.75, 3.05) is 0 Å². The van der Waals surface area contributed by atoms with Crippen LogP contribution in [-0.4, -0.2) is 11.3 Å². The summed E-state index contributed by atoms with van der Waals surface area (Å²) in [5.74, 6) is 0.135. The van der Waals surface area contributed by atoms with Gasteiger partial charge in [-0.1, -0.05) is 18.2 Å². The minimum absolute atomic E-state index is 0.0479. The lowest BCUT2D eigenvalue weighted by Gasteiger charge is -2.36. The van der Waals surface area contributed by atoms with Gasteiger partial charge in [0, 0.05) is 5.92 Å². The van der Waals surface area contributed by atoms with Gasteiger partial charge in [-0.15, -0.1) is 0 Å². The van der Waals surface area contributed by atoms with Crippen LogP contribution in [0, 0.1) is 5.92 Å². The fraction of sp³-hybridized carbons (Fsp3) is 0.545. The number of hydrogen-bond acceptors (Lipinski definition) is 2. The Morgan fingerprint density at radius 3 is 2.77 bits per heavy atom. The lowest BCUT2D eigenvalue weighted by molar-refractivity contribution is -0.121. The molecule has 2 heteroatoms. The molecule has 0 saturated carbocycles. The zero-order chi connectivity index (χ0) is 10.2. The topological polar surface area (TPSA) is 43.1 Å². The third-order valence-electron chi connectivity index (χ3n) is 2.83. The molecule has 1 aliphatic carbocycles. The van der Waals surface area contributed by atoms with E-state index in [0.717, 1.165) is 17.6 Å². The molecule has 0 radical (unpaired) electrons. The number of hydrogen-bond donors (Lipinski definition) is 1. The summed E-state index contributed by atoms with van der Waals surface area (Å²) >= 11 is 0. The fourth-order valence-corrected chi connectivity index (χ4v) is 1.93. The summed E-state index contributed by atoms with van der Waals surface area (Å²) in [5, 5.41) is 0. The van der Waals surface area contributed by atoms with Crippen molar-refractivity contribution in [2.24, 2.45) is 11.7 Å². The second kappa shape index (κ2) is 3.11. The molecule has 0 fully saturated rings. The molecule has 0 aromatic rings. The van der Waals surface area contributed by atoms with Crippen LogP contribution < -0.4 is 5.73 Å². The van der Waals surface area contributed by atoms with Crippen LogP contribution in [0.4, 0.5) is 0 Å². The molecule has 2 N–H and O–H groups in total. The molecule has 0 unspecified atom stereocenters. The predicted molar refractivity (Wildman–Crippen MR) is 54.3 cm³/mol. The number of carbonyl (C=O) groups excluding carboxylic acids is 1. The SMILES string of the molecule is C=C(C)[C@@H]1CC=C(C)C(=O)[C@]1(C)N. The first-order valence-electron chi connectivity index (χ1n) is 4.53. The van der Waals surface area contributed by atoms with Crippen molar-refractivity contribution in [3.8, 4) is 0 Å². The molecular weight excluding hydrogens is 162 g/mol. The Kier molecular flexibility index (Phi) is 2.44. The predicted octanol–water partition coefficient (Wildman–Crippen LogP) is 1.82. The number of allylic oxidation sites excluding steroid dienone is 1. The zero-order valence-electron chi connectivity index (χ0n) is 8.55. The van der Waals surface area contributed by atoms with E-state index in [1.807, 2.05) is 19.9 Å². The Bertz CT molecular complexity index is 286. The van der Waals surface area contributed by atoms with Crippen LogP contribution in [0.15, 0.2) is 23.8 Å². The molecule has 13 heavy (non-hydrogen) atoms. The van der Waals surface area contributed by atoms with Gasteiger partial charge in [0.2, 0.25) is 0 Å². The molecule has 0 aromatic carbocycles. The van der Waals surface area contributed by atoms with Crippen molar-refractivity contribution in [1.82, 2.24) is 0 Å². The van der Waals surface area contributed by atoms with Crippen molar-refractivity contribution in [2.45, 2.75) is 32.7 Å².